The standard InChI is InChI=1S/C15H30N2S/c1-3-7-14-12-17(11-6-10-16-14)13-15(18-2)8-4-5-9-15/h14,16H,3-13H2,1-2H3. The second-order valence-corrected chi connectivity index (χ2v) is 7.40. The van der Waals surface area contributed by atoms with Gasteiger partial charge in [0.05, 0.1) is 0 Å². The summed E-state index contributed by atoms with van der Waals surface area (Å²) in [5, 5.41) is 3.72. The lowest BCUT2D eigenvalue weighted by Gasteiger charge is -2.34. The van der Waals surface area contributed by atoms with Gasteiger partial charge in [0.1, 0.15) is 0 Å². The van der Waals surface area contributed by atoms with E-state index in [9.17, 15) is 0 Å². The van der Waals surface area contributed by atoms with E-state index in [1.165, 1.54) is 71.1 Å². The Bertz CT molecular complexity index is 239. The van der Waals surface area contributed by atoms with Gasteiger partial charge in [0.25, 0.3) is 0 Å². The molecule has 1 aliphatic heterocycles. The molecule has 1 aliphatic carbocycles. The van der Waals surface area contributed by atoms with E-state index in [2.05, 4.69) is 35.2 Å². The van der Waals surface area contributed by atoms with Crippen LogP contribution >= 0.6 is 11.8 Å². The predicted octanol–water partition coefficient (Wildman–Crippen LogP) is 3.13. The van der Waals surface area contributed by atoms with E-state index in [4.69, 9.17) is 0 Å². The third-order valence-corrected chi connectivity index (χ3v) is 6.06. The molecule has 2 fully saturated rings. The number of rotatable bonds is 5. The van der Waals surface area contributed by atoms with Gasteiger partial charge in [0.15, 0.2) is 0 Å². The minimum atomic E-state index is 0.584. The zero-order chi connectivity index (χ0) is 12.8. The minimum absolute atomic E-state index is 0.584. The first kappa shape index (κ1) is 14.7. The van der Waals surface area contributed by atoms with Crippen LogP contribution in [0.1, 0.15) is 51.9 Å². The lowest BCUT2D eigenvalue weighted by atomic mass is 10.1. The summed E-state index contributed by atoms with van der Waals surface area (Å²) >= 11 is 2.13. The maximum atomic E-state index is 3.72. The van der Waals surface area contributed by atoms with Crippen molar-refractivity contribution >= 4 is 11.8 Å². The van der Waals surface area contributed by atoms with Crippen LogP contribution < -0.4 is 5.32 Å². The van der Waals surface area contributed by atoms with E-state index >= 15 is 0 Å². The highest BCUT2D eigenvalue weighted by Gasteiger charge is 2.35. The molecule has 0 aromatic carbocycles. The lowest BCUT2D eigenvalue weighted by Crippen LogP contribution is -2.43. The number of thioether (sulfide) groups is 1. The van der Waals surface area contributed by atoms with Crippen molar-refractivity contribution in [3.05, 3.63) is 0 Å². The maximum Gasteiger partial charge on any atom is 0.0284 e. The summed E-state index contributed by atoms with van der Waals surface area (Å²) in [6.45, 7) is 7.42. The summed E-state index contributed by atoms with van der Waals surface area (Å²) in [7, 11) is 0. The van der Waals surface area contributed by atoms with Crippen molar-refractivity contribution in [2.75, 3.05) is 32.4 Å². The van der Waals surface area contributed by atoms with Crippen LogP contribution in [0.4, 0.5) is 0 Å². The largest absolute Gasteiger partial charge is 0.313 e. The molecule has 106 valence electrons. The van der Waals surface area contributed by atoms with E-state index < -0.39 is 0 Å². The van der Waals surface area contributed by atoms with Crippen LogP contribution in [0.25, 0.3) is 0 Å². The number of hydrogen-bond acceptors (Lipinski definition) is 3. The molecule has 0 bridgehead atoms. The average molecular weight is 270 g/mol. The molecule has 2 rings (SSSR count). The minimum Gasteiger partial charge on any atom is -0.313 e. The van der Waals surface area contributed by atoms with Crippen molar-refractivity contribution < 1.29 is 0 Å². The van der Waals surface area contributed by atoms with Crippen molar-refractivity contribution in [3.8, 4) is 0 Å². The first-order valence-corrected chi connectivity index (χ1v) is 9.01. The highest BCUT2D eigenvalue weighted by Crippen LogP contribution is 2.40. The molecule has 1 N–H and O–H groups in total. The molecule has 0 amide bonds. The molecule has 18 heavy (non-hydrogen) atoms. The van der Waals surface area contributed by atoms with Crippen LogP contribution in [0.2, 0.25) is 0 Å². The van der Waals surface area contributed by atoms with Crippen molar-refractivity contribution in [2.24, 2.45) is 0 Å². The Morgan fingerprint density at radius 1 is 1.28 bits per heavy atom. The van der Waals surface area contributed by atoms with Crippen molar-refractivity contribution in [3.63, 3.8) is 0 Å². The Hall–Kier alpha value is 0.270. The van der Waals surface area contributed by atoms with E-state index in [1.54, 1.807) is 0 Å². The number of nitrogens with one attached hydrogen (secondary N) is 1. The van der Waals surface area contributed by atoms with Gasteiger partial charge in [-0.15, -0.1) is 0 Å². The third-order valence-electron chi connectivity index (χ3n) is 4.66. The SMILES string of the molecule is CCCC1CN(CC2(SC)CCCC2)CCCN1. The molecule has 1 heterocycles. The van der Waals surface area contributed by atoms with Crippen LogP contribution in [-0.2, 0) is 0 Å². The molecule has 0 spiro atoms. The molecule has 1 saturated heterocycles. The molecule has 0 radical (unpaired) electrons. The molecule has 1 atom stereocenters. The smallest absolute Gasteiger partial charge is 0.0284 e. The van der Waals surface area contributed by atoms with Gasteiger partial charge in [0.2, 0.25) is 0 Å². The lowest BCUT2D eigenvalue weighted by molar-refractivity contribution is 0.237. The molecule has 2 aliphatic rings. The molecule has 3 heteroatoms. The number of nitrogens with zero attached hydrogens (tertiary/aromatic N) is 1. The van der Waals surface area contributed by atoms with Gasteiger partial charge in [-0.3, -0.25) is 0 Å². The Kier molecular flexibility index (Phi) is 5.84. The molecule has 1 saturated carbocycles. The molecule has 2 nitrogen and oxygen atoms in total. The highest BCUT2D eigenvalue weighted by atomic mass is 32.2. The Morgan fingerprint density at radius 2 is 2.06 bits per heavy atom. The van der Waals surface area contributed by atoms with E-state index in [0.717, 1.165) is 6.04 Å². The summed E-state index contributed by atoms with van der Waals surface area (Å²) in [5.41, 5.74) is 0. The highest BCUT2D eigenvalue weighted by molar-refractivity contribution is 8.00. The van der Waals surface area contributed by atoms with E-state index in [1.807, 2.05) is 0 Å². The van der Waals surface area contributed by atoms with E-state index in [0.29, 0.717) is 4.75 Å². The molecule has 0 aromatic rings. The molecular formula is C15H30N2S. The van der Waals surface area contributed by atoms with Gasteiger partial charge >= 0.3 is 0 Å². The Morgan fingerprint density at radius 3 is 2.72 bits per heavy atom. The van der Waals surface area contributed by atoms with Gasteiger partial charge in [-0.25, -0.2) is 0 Å². The fraction of sp³-hybridized carbons (Fsp3) is 1.00. The Balaban J connectivity index is 1.89. The van der Waals surface area contributed by atoms with Crippen LogP contribution in [0, 0.1) is 0 Å². The predicted molar refractivity (Wildman–Crippen MR) is 82.5 cm³/mol. The molecule has 0 aromatic heterocycles. The second kappa shape index (κ2) is 7.16. The Labute approximate surface area is 117 Å². The average Bonchev–Trinajstić information content (AvgIpc) is 2.73. The van der Waals surface area contributed by atoms with Crippen LogP contribution in [-0.4, -0.2) is 48.1 Å². The van der Waals surface area contributed by atoms with Crippen molar-refractivity contribution in [1.29, 1.82) is 0 Å². The quantitative estimate of drug-likeness (QED) is 0.826. The van der Waals surface area contributed by atoms with Crippen molar-refractivity contribution in [1.82, 2.24) is 10.2 Å². The molecule has 1 unspecified atom stereocenters. The van der Waals surface area contributed by atoms with Gasteiger partial charge in [0, 0.05) is 23.9 Å². The summed E-state index contributed by atoms with van der Waals surface area (Å²) in [6.07, 6.45) is 12.1. The summed E-state index contributed by atoms with van der Waals surface area (Å²) < 4.78 is 0.584. The fourth-order valence-electron chi connectivity index (χ4n) is 3.62. The zero-order valence-electron chi connectivity index (χ0n) is 12.2. The third kappa shape index (κ3) is 3.88. The second-order valence-electron chi connectivity index (χ2n) is 6.12. The van der Waals surface area contributed by atoms with Crippen LogP contribution in [0.15, 0.2) is 0 Å². The first-order valence-electron chi connectivity index (χ1n) is 7.79. The monoisotopic (exact) mass is 270 g/mol. The normalized spacial score (nSPS) is 29.3. The number of hydrogen-bond donors (Lipinski definition) is 1. The summed E-state index contributed by atoms with van der Waals surface area (Å²) in [6, 6.07) is 0.734. The van der Waals surface area contributed by atoms with Gasteiger partial charge in [-0.05, 0) is 45.0 Å². The van der Waals surface area contributed by atoms with Crippen molar-refractivity contribution in [2.45, 2.75) is 62.7 Å². The topological polar surface area (TPSA) is 15.3 Å². The maximum absolute atomic E-state index is 3.72. The zero-order valence-corrected chi connectivity index (χ0v) is 13.0. The fourth-order valence-corrected chi connectivity index (χ4v) is 4.62. The first-order chi connectivity index (χ1) is 8.78. The van der Waals surface area contributed by atoms with Crippen LogP contribution in [0.3, 0.4) is 0 Å². The van der Waals surface area contributed by atoms with Crippen LogP contribution in [0.5, 0.6) is 0 Å². The van der Waals surface area contributed by atoms with Gasteiger partial charge < -0.3 is 10.2 Å². The van der Waals surface area contributed by atoms with E-state index in [-0.39, 0.29) is 0 Å². The summed E-state index contributed by atoms with van der Waals surface area (Å²) in [4.78, 5) is 2.75. The van der Waals surface area contributed by atoms with Gasteiger partial charge in [-0.2, -0.15) is 11.8 Å². The van der Waals surface area contributed by atoms with Gasteiger partial charge in [-0.1, -0.05) is 26.2 Å². The molecular weight excluding hydrogens is 240 g/mol. The summed E-state index contributed by atoms with van der Waals surface area (Å²) in [5.74, 6) is 0.